The largest absolute Gasteiger partial charge is 0.367 e. The summed E-state index contributed by atoms with van der Waals surface area (Å²) in [6.45, 7) is 11.4. The van der Waals surface area contributed by atoms with Crippen LogP contribution in [0.15, 0.2) is 9.17 Å². The average Bonchev–Trinajstić information content (AvgIpc) is 2.28. The van der Waals surface area contributed by atoms with Crippen LogP contribution in [0.1, 0.15) is 13.8 Å². The van der Waals surface area contributed by atoms with Crippen molar-refractivity contribution in [3.8, 4) is 0 Å². The van der Waals surface area contributed by atoms with E-state index in [-0.39, 0.29) is 0 Å². The summed E-state index contributed by atoms with van der Waals surface area (Å²) in [5, 5.41) is 0. The molecule has 0 spiro atoms. The first kappa shape index (κ1) is 16.9. The third-order valence-corrected chi connectivity index (χ3v) is 11.9. The van der Waals surface area contributed by atoms with Gasteiger partial charge in [-0.05, 0) is 18.4 Å². The maximum atomic E-state index is 12.9. The molecule has 0 saturated carbocycles. The standard InChI is InChI=1S/C11H23O3PS2Si/c1-6-13-15(12,14-7-2)10-11(18(3,4)5)17-9-8-16-10/h6-9H2,1-5H3. The molecule has 0 aromatic heterocycles. The molecule has 0 aliphatic carbocycles. The van der Waals surface area contributed by atoms with Crippen molar-refractivity contribution in [3.63, 3.8) is 0 Å². The van der Waals surface area contributed by atoms with Crippen molar-refractivity contribution in [2.75, 3.05) is 24.7 Å². The van der Waals surface area contributed by atoms with Crippen LogP contribution in [0.2, 0.25) is 19.6 Å². The monoisotopic (exact) mass is 326 g/mol. The van der Waals surface area contributed by atoms with Gasteiger partial charge < -0.3 is 9.05 Å². The maximum Gasteiger partial charge on any atom is 0.367 e. The van der Waals surface area contributed by atoms with Crippen LogP contribution in [0.3, 0.4) is 0 Å². The lowest BCUT2D eigenvalue weighted by Crippen LogP contribution is -2.25. The molecule has 0 amide bonds. The number of thioether (sulfide) groups is 2. The van der Waals surface area contributed by atoms with E-state index in [9.17, 15) is 4.57 Å². The molecule has 1 heterocycles. The van der Waals surface area contributed by atoms with Crippen molar-refractivity contribution in [1.29, 1.82) is 0 Å². The minimum absolute atomic E-state index is 0.422. The molecule has 0 saturated heterocycles. The van der Waals surface area contributed by atoms with Crippen LogP contribution in [0.4, 0.5) is 0 Å². The van der Waals surface area contributed by atoms with Crippen LogP contribution in [-0.4, -0.2) is 32.8 Å². The van der Waals surface area contributed by atoms with Gasteiger partial charge in [-0.15, -0.1) is 23.5 Å². The highest BCUT2D eigenvalue weighted by molar-refractivity contribution is 8.15. The Morgan fingerprint density at radius 2 is 1.61 bits per heavy atom. The van der Waals surface area contributed by atoms with E-state index in [0.29, 0.717) is 13.2 Å². The Morgan fingerprint density at radius 3 is 2.06 bits per heavy atom. The summed E-state index contributed by atoms with van der Waals surface area (Å²) in [7, 11) is -4.59. The maximum absolute atomic E-state index is 12.9. The van der Waals surface area contributed by atoms with Crippen LogP contribution < -0.4 is 0 Å². The zero-order valence-electron chi connectivity index (χ0n) is 11.8. The molecule has 0 radical (unpaired) electrons. The van der Waals surface area contributed by atoms with E-state index >= 15 is 0 Å². The third kappa shape index (κ3) is 4.15. The van der Waals surface area contributed by atoms with Crippen LogP contribution in [-0.2, 0) is 13.6 Å². The molecule has 0 bridgehead atoms. The molecule has 106 valence electrons. The lowest BCUT2D eigenvalue weighted by Gasteiger charge is -2.30. The molecule has 0 fully saturated rings. The fourth-order valence-corrected chi connectivity index (χ4v) is 11.5. The predicted molar refractivity (Wildman–Crippen MR) is 86.1 cm³/mol. The van der Waals surface area contributed by atoms with Gasteiger partial charge in [0, 0.05) is 11.5 Å². The Bertz CT molecular complexity index is 356. The Hall–Kier alpha value is 0.807. The highest BCUT2D eigenvalue weighted by Crippen LogP contribution is 2.64. The molecule has 3 nitrogen and oxygen atoms in total. The molecule has 0 aromatic rings. The van der Waals surface area contributed by atoms with E-state index in [4.69, 9.17) is 9.05 Å². The van der Waals surface area contributed by atoms with Gasteiger partial charge in [0.25, 0.3) is 0 Å². The summed E-state index contributed by atoms with van der Waals surface area (Å²) in [6, 6.07) is 0. The molecule has 1 aliphatic heterocycles. The average molecular weight is 326 g/mol. The molecule has 18 heavy (non-hydrogen) atoms. The zero-order valence-corrected chi connectivity index (χ0v) is 15.3. The van der Waals surface area contributed by atoms with E-state index < -0.39 is 15.7 Å². The van der Waals surface area contributed by atoms with Gasteiger partial charge in [0.1, 0.15) is 4.65 Å². The molecular weight excluding hydrogens is 303 g/mol. The lowest BCUT2D eigenvalue weighted by atomic mass is 10.9. The summed E-state index contributed by atoms with van der Waals surface area (Å²) < 4.78 is 26.1. The molecule has 0 aromatic carbocycles. The van der Waals surface area contributed by atoms with Crippen LogP contribution >= 0.6 is 31.1 Å². The second kappa shape index (κ2) is 7.00. The number of hydrogen-bond acceptors (Lipinski definition) is 5. The smallest absolute Gasteiger partial charge is 0.305 e. The third-order valence-electron chi connectivity index (χ3n) is 2.29. The number of rotatable bonds is 6. The highest BCUT2D eigenvalue weighted by atomic mass is 32.2. The zero-order chi connectivity index (χ0) is 13.8. The molecule has 1 aliphatic rings. The topological polar surface area (TPSA) is 35.5 Å². The fraction of sp³-hybridized carbons (Fsp3) is 0.818. The van der Waals surface area contributed by atoms with Crippen molar-refractivity contribution < 1.29 is 13.6 Å². The van der Waals surface area contributed by atoms with Crippen molar-refractivity contribution in [2.24, 2.45) is 0 Å². The Balaban J connectivity index is 3.21. The van der Waals surface area contributed by atoms with Gasteiger partial charge in [-0.3, -0.25) is 4.57 Å². The van der Waals surface area contributed by atoms with Crippen molar-refractivity contribution >= 4 is 39.2 Å². The predicted octanol–water partition coefficient (Wildman–Crippen LogP) is 4.78. The Kier molecular flexibility index (Phi) is 6.56. The molecule has 0 atom stereocenters. The van der Waals surface area contributed by atoms with Gasteiger partial charge in [0.15, 0.2) is 0 Å². The van der Waals surface area contributed by atoms with Gasteiger partial charge in [0.05, 0.1) is 21.3 Å². The van der Waals surface area contributed by atoms with E-state index in [1.807, 2.05) is 25.6 Å². The quantitative estimate of drug-likeness (QED) is 0.518. The van der Waals surface area contributed by atoms with E-state index in [1.54, 1.807) is 11.8 Å². The van der Waals surface area contributed by atoms with E-state index in [1.165, 1.54) is 4.53 Å². The Morgan fingerprint density at radius 1 is 1.11 bits per heavy atom. The van der Waals surface area contributed by atoms with Crippen LogP contribution in [0.5, 0.6) is 0 Å². The van der Waals surface area contributed by atoms with Gasteiger partial charge in [-0.2, -0.15) is 0 Å². The first-order valence-electron chi connectivity index (χ1n) is 6.25. The highest BCUT2D eigenvalue weighted by Gasteiger charge is 2.38. The summed E-state index contributed by atoms with van der Waals surface area (Å²) in [6.07, 6.45) is 0. The summed E-state index contributed by atoms with van der Waals surface area (Å²) in [4.78, 5) is 0. The van der Waals surface area contributed by atoms with Crippen molar-refractivity contribution in [3.05, 3.63) is 9.17 Å². The fourth-order valence-electron chi connectivity index (χ4n) is 1.64. The Labute approximate surface area is 120 Å². The SMILES string of the molecule is CCOP(=O)(OCC)C1=C([Si](C)(C)C)SCCS1. The summed E-state index contributed by atoms with van der Waals surface area (Å²) in [5.74, 6) is 2.07. The molecule has 0 N–H and O–H groups in total. The minimum Gasteiger partial charge on any atom is -0.305 e. The van der Waals surface area contributed by atoms with Gasteiger partial charge in [0.2, 0.25) is 0 Å². The van der Waals surface area contributed by atoms with Crippen LogP contribution in [0, 0.1) is 0 Å². The molecular formula is C11H23O3PS2Si. The second-order valence-electron chi connectivity index (χ2n) is 4.91. The van der Waals surface area contributed by atoms with E-state index in [2.05, 4.69) is 19.6 Å². The van der Waals surface area contributed by atoms with Gasteiger partial charge >= 0.3 is 7.60 Å². The minimum atomic E-state index is -3.09. The number of hydrogen-bond donors (Lipinski definition) is 0. The molecule has 7 heteroatoms. The molecule has 0 unspecified atom stereocenters. The van der Waals surface area contributed by atoms with Gasteiger partial charge in [-0.25, -0.2) is 0 Å². The van der Waals surface area contributed by atoms with Crippen LogP contribution in [0.25, 0.3) is 0 Å². The van der Waals surface area contributed by atoms with Crippen molar-refractivity contribution in [2.45, 2.75) is 33.5 Å². The van der Waals surface area contributed by atoms with Gasteiger partial charge in [-0.1, -0.05) is 19.6 Å². The van der Waals surface area contributed by atoms with Crippen molar-refractivity contribution in [1.82, 2.24) is 0 Å². The lowest BCUT2D eigenvalue weighted by molar-refractivity contribution is 0.228. The normalized spacial score (nSPS) is 18.3. The van der Waals surface area contributed by atoms with E-state index in [0.717, 1.165) is 16.2 Å². The summed E-state index contributed by atoms with van der Waals surface area (Å²) in [5.41, 5.74) is 0. The molecule has 1 rings (SSSR count). The second-order valence-corrected chi connectivity index (χ2v) is 14.7. The first-order valence-corrected chi connectivity index (χ1v) is 13.3. The first-order chi connectivity index (χ1) is 8.35. The summed E-state index contributed by atoms with van der Waals surface area (Å²) >= 11 is 3.51.